The van der Waals surface area contributed by atoms with E-state index in [4.69, 9.17) is 0 Å². The van der Waals surface area contributed by atoms with Gasteiger partial charge in [-0.3, -0.25) is 4.79 Å². The molecule has 0 aliphatic carbocycles. The summed E-state index contributed by atoms with van der Waals surface area (Å²) in [6.45, 7) is 0. The second-order valence-corrected chi connectivity index (χ2v) is 6.02. The Labute approximate surface area is 128 Å². The van der Waals surface area contributed by atoms with Gasteiger partial charge in [0, 0.05) is 38.4 Å². The zero-order chi connectivity index (χ0) is 14.6. The molecular formula is C16H11BrN2O2. The summed E-state index contributed by atoms with van der Waals surface area (Å²) in [5, 5.41) is 14.7. The number of carbonyl (C=O) groups is 1. The van der Waals surface area contributed by atoms with Gasteiger partial charge in [0.05, 0.1) is 0 Å². The molecule has 4 rings (SSSR count). The van der Waals surface area contributed by atoms with Crippen LogP contribution in [0.2, 0.25) is 0 Å². The van der Waals surface area contributed by atoms with E-state index in [1.807, 2.05) is 30.3 Å². The number of para-hydroxylation sites is 1. The van der Waals surface area contributed by atoms with Gasteiger partial charge >= 0.3 is 0 Å². The highest BCUT2D eigenvalue weighted by molar-refractivity contribution is 9.10. The van der Waals surface area contributed by atoms with E-state index >= 15 is 0 Å². The highest BCUT2D eigenvalue weighted by atomic mass is 79.9. The molecule has 1 aliphatic heterocycles. The molecule has 104 valence electrons. The Kier molecular flexibility index (Phi) is 2.52. The first-order chi connectivity index (χ1) is 10.1. The highest BCUT2D eigenvalue weighted by Gasteiger charge is 2.48. The fourth-order valence-electron chi connectivity index (χ4n) is 2.90. The van der Waals surface area contributed by atoms with Crippen LogP contribution in [0.5, 0.6) is 0 Å². The molecule has 0 saturated heterocycles. The van der Waals surface area contributed by atoms with Crippen molar-refractivity contribution in [2.45, 2.75) is 5.60 Å². The van der Waals surface area contributed by atoms with Crippen molar-refractivity contribution >= 4 is 38.4 Å². The topological polar surface area (TPSA) is 65.1 Å². The van der Waals surface area contributed by atoms with E-state index in [0.717, 1.165) is 15.4 Å². The number of fused-ring (bicyclic) bond motifs is 2. The molecule has 0 radical (unpaired) electrons. The third-order valence-electron chi connectivity index (χ3n) is 3.93. The Morgan fingerprint density at radius 3 is 2.76 bits per heavy atom. The zero-order valence-electron chi connectivity index (χ0n) is 10.9. The number of hydrogen-bond donors (Lipinski definition) is 3. The third-order valence-corrected chi connectivity index (χ3v) is 4.42. The van der Waals surface area contributed by atoms with E-state index in [0.29, 0.717) is 16.8 Å². The van der Waals surface area contributed by atoms with Crippen molar-refractivity contribution < 1.29 is 9.90 Å². The van der Waals surface area contributed by atoms with Gasteiger partial charge in [0.1, 0.15) is 0 Å². The molecule has 2 heterocycles. The average molecular weight is 343 g/mol. The van der Waals surface area contributed by atoms with Gasteiger partial charge in [0.2, 0.25) is 0 Å². The Balaban J connectivity index is 2.03. The molecule has 21 heavy (non-hydrogen) atoms. The van der Waals surface area contributed by atoms with Gasteiger partial charge in [-0.2, -0.15) is 0 Å². The Bertz CT molecular complexity index is 887. The maximum absolute atomic E-state index is 12.4. The number of halogens is 1. The lowest BCUT2D eigenvalue weighted by atomic mass is 9.87. The fraction of sp³-hybridized carbons (Fsp3) is 0.0625. The SMILES string of the molecule is O=C1Nc2ccc(Br)cc2[C@@]1(O)c1c[nH]c2ccccc12. The predicted molar refractivity (Wildman–Crippen MR) is 84.1 cm³/mol. The van der Waals surface area contributed by atoms with Crippen molar-refractivity contribution in [1.29, 1.82) is 0 Å². The monoisotopic (exact) mass is 342 g/mol. The number of carbonyl (C=O) groups excluding carboxylic acids is 1. The lowest BCUT2D eigenvalue weighted by molar-refractivity contribution is -0.129. The van der Waals surface area contributed by atoms with Gasteiger partial charge < -0.3 is 15.4 Å². The minimum absolute atomic E-state index is 0.430. The molecule has 0 fully saturated rings. The number of aromatic nitrogens is 1. The van der Waals surface area contributed by atoms with Crippen LogP contribution in [0.1, 0.15) is 11.1 Å². The minimum atomic E-state index is -1.68. The summed E-state index contributed by atoms with van der Waals surface area (Å²) in [5.74, 6) is -0.430. The van der Waals surface area contributed by atoms with Gasteiger partial charge in [0.15, 0.2) is 5.60 Å². The summed E-state index contributed by atoms with van der Waals surface area (Å²) >= 11 is 3.39. The molecule has 2 aromatic carbocycles. The summed E-state index contributed by atoms with van der Waals surface area (Å²) in [4.78, 5) is 15.5. The second kappa shape index (κ2) is 4.19. The highest BCUT2D eigenvalue weighted by Crippen LogP contribution is 2.44. The Morgan fingerprint density at radius 2 is 1.90 bits per heavy atom. The van der Waals surface area contributed by atoms with Crippen LogP contribution in [-0.2, 0) is 10.4 Å². The van der Waals surface area contributed by atoms with E-state index in [1.165, 1.54) is 0 Å². The lowest BCUT2D eigenvalue weighted by Gasteiger charge is -2.20. The standard InChI is InChI=1S/C16H11BrN2O2/c17-9-5-6-14-11(7-9)16(21,15(20)19-14)12-8-18-13-4-2-1-3-10(12)13/h1-8,18,21H,(H,19,20)/t16-/m1/s1. The molecule has 0 bridgehead atoms. The van der Waals surface area contributed by atoms with Crippen LogP contribution in [0.15, 0.2) is 53.1 Å². The maximum Gasteiger partial charge on any atom is 0.265 e. The van der Waals surface area contributed by atoms with Crippen LogP contribution >= 0.6 is 15.9 Å². The van der Waals surface area contributed by atoms with E-state index in [1.54, 1.807) is 18.3 Å². The number of hydrogen-bond acceptors (Lipinski definition) is 2. The van der Waals surface area contributed by atoms with Crippen LogP contribution in [0.25, 0.3) is 10.9 Å². The van der Waals surface area contributed by atoms with Crippen LogP contribution in [0.4, 0.5) is 5.69 Å². The molecular weight excluding hydrogens is 332 g/mol. The van der Waals surface area contributed by atoms with E-state index in [-0.39, 0.29) is 0 Å². The summed E-state index contributed by atoms with van der Waals surface area (Å²) < 4.78 is 0.816. The summed E-state index contributed by atoms with van der Waals surface area (Å²) in [6.07, 6.45) is 1.69. The van der Waals surface area contributed by atoms with Crippen molar-refractivity contribution in [2.24, 2.45) is 0 Å². The van der Waals surface area contributed by atoms with Crippen LogP contribution in [0.3, 0.4) is 0 Å². The summed E-state index contributed by atoms with van der Waals surface area (Å²) in [6, 6.07) is 13.0. The van der Waals surface area contributed by atoms with Crippen LogP contribution < -0.4 is 5.32 Å². The fourth-order valence-corrected chi connectivity index (χ4v) is 3.26. The molecule has 1 aliphatic rings. The first kappa shape index (κ1) is 12.6. The number of benzene rings is 2. The minimum Gasteiger partial charge on any atom is -0.372 e. The predicted octanol–water partition coefficient (Wildman–Crippen LogP) is 3.12. The Hall–Kier alpha value is -2.11. The molecule has 1 amide bonds. The molecule has 0 saturated carbocycles. The molecule has 0 spiro atoms. The quantitative estimate of drug-likeness (QED) is 0.636. The van der Waals surface area contributed by atoms with Gasteiger partial charge in [-0.05, 0) is 24.3 Å². The molecule has 1 aromatic heterocycles. The zero-order valence-corrected chi connectivity index (χ0v) is 12.4. The van der Waals surface area contributed by atoms with Gasteiger partial charge in [-0.1, -0.05) is 34.1 Å². The lowest BCUT2D eigenvalue weighted by Crippen LogP contribution is -2.35. The number of amides is 1. The normalized spacial score (nSPS) is 20.6. The van der Waals surface area contributed by atoms with Crippen molar-refractivity contribution in [2.75, 3.05) is 5.32 Å². The number of H-pyrrole nitrogens is 1. The third kappa shape index (κ3) is 1.61. The molecule has 1 atom stereocenters. The second-order valence-electron chi connectivity index (χ2n) is 5.10. The number of aliphatic hydroxyl groups is 1. The first-order valence-electron chi connectivity index (χ1n) is 6.51. The molecule has 0 unspecified atom stereocenters. The van der Waals surface area contributed by atoms with E-state index in [9.17, 15) is 9.90 Å². The molecule has 5 heteroatoms. The van der Waals surface area contributed by atoms with Crippen LogP contribution in [0, 0.1) is 0 Å². The average Bonchev–Trinajstić information content (AvgIpc) is 3.01. The van der Waals surface area contributed by atoms with Crippen LogP contribution in [-0.4, -0.2) is 16.0 Å². The molecule has 3 aromatic rings. The van der Waals surface area contributed by atoms with Crippen molar-refractivity contribution in [3.63, 3.8) is 0 Å². The summed E-state index contributed by atoms with van der Waals surface area (Å²) in [7, 11) is 0. The number of anilines is 1. The van der Waals surface area contributed by atoms with Gasteiger partial charge in [0.25, 0.3) is 5.91 Å². The number of rotatable bonds is 1. The van der Waals surface area contributed by atoms with Gasteiger partial charge in [-0.25, -0.2) is 0 Å². The molecule has 3 N–H and O–H groups in total. The number of nitrogens with one attached hydrogen (secondary N) is 2. The van der Waals surface area contributed by atoms with Crippen molar-refractivity contribution in [3.05, 3.63) is 64.3 Å². The van der Waals surface area contributed by atoms with E-state index < -0.39 is 11.5 Å². The number of aromatic amines is 1. The maximum atomic E-state index is 12.4. The Morgan fingerprint density at radius 1 is 1.10 bits per heavy atom. The van der Waals surface area contributed by atoms with E-state index in [2.05, 4.69) is 26.2 Å². The smallest absolute Gasteiger partial charge is 0.265 e. The van der Waals surface area contributed by atoms with Crippen molar-refractivity contribution in [1.82, 2.24) is 4.98 Å². The van der Waals surface area contributed by atoms with Gasteiger partial charge in [-0.15, -0.1) is 0 Å². The largest absolute Gasteiger partial charge is 0.372 e. The summed E-state index contributed by atoms with van der Waals surface area (Å²) in [5.41, 5.74) is 0.964. The molecule has 4 nitrogen and oxygen atoms in total. The first-order valence-corrected chi connectivity index (χ1v) is 7.30. The van der Waals surface area contributed by atoms with Crippen molar-refractivity contribution in [3.8, 4) is 0 Å².